The summed E-state index contributed by atoms with van der Waals surface area (Å²) < 4.78 is 11.7. The first-order valence-electron chi connectivity index (χ1n) is 8.52. The SMILES string of the molecule is O=C(COc1ccccc1[N+](=O)[O-])OCCCn1cnc2ccccc2c1=O. The van der Waals surface area contributed by atoms with Crippen molar-refractivity contribution in [3.05, 3.63) is 75.3 Å². The van der Waals surface area contributed by atoms with Crippen LogP contribution in [0.25, 0.3) is 10.9 Å². The third-order valence-electron chi connectivity index (χ3n) is 3.95. The molecule has 2 aromatic carbocycles. The molecular formula is C19H17N3O6. The summed E-state index contributed by atoms with van der Waals surface area (Å²) in [6, 6.07) is 12.8. The zero-order chi connectivity index (χ0) is 19.9. The van der Waals surface area contributed by atoms with E-state index in [1.54, 1.807) is 24.3 Å². The number of nitro benzene ring substituents is 1. The Morgan fingerprint density at radius 1 is 1.14 bits per heavy atom. The van der Waals surface area contributed by atoms with Gasteiger partial charge in [0.05, 0.1) is 28.8 Å². The van der Waals surface area contributed by atoms with Crippen LogP contribution in [0.5, 0.6) is 5.75 Å². The Labute approximate surface area is 159 Å². The topological polar surface area (TPSA) is 114 Å². The summed E-state index contributed by atoms with van der Waals surface area (Å²) in [5.41, 5.74) is 0.248. The summed E-state index contributed by atoms with van der Waals surface area (Å²) in [4.78, 5) is 38.6. The van der Waals surface area contributed by atoms with Gasteiger partial charge in [-0.1, -0.05) is 24.3 Å². The van der Waals surface area contributed by atoms with Gasteiger partial charge in [0, 0.05) is 12.6 Å². The lowest BCUT2D eigenvalue weighted by Crippen LogP contribution is -2.22. The molecule has 28 heavy (non-hydrogen) atoms. The van der Waals surface area contributed by atoms with Gasteiger partial charge in [0.25, 0.3) is 5.56 Å². The van der Waals surface area contributed by atoms with Gasteiger partial charge in [-0.15, -0.1) is 0 Å². The Kier molecular flexibility index (Phi) is 5.95. The first-order chi connectivity index (χ1) is 13.6. The number of aromatic nitrogens is 2. The quantitative estimate of drug-likeness (QED) is 0.254. The molecule has 144 valence electrons. The maximum atomic E-state index is 12.3. The number of benzene rings is 2. The number of nitrogens with zero attached hydrogens (tertiary/aromatic N) is 3. The van der Waals surface area contributed by atoms with Gasteiger partial charge in [-0.3, -0.25) is 19.5 Å². The van der Waals surface area contributed by atoms with Crippen molar-refractivity contribution in [3.63, 3.8) is 0 Å². The predicted octanol–water partition coefficient (Wildman–Crippen LogP) is 2.32. The minimum Gasteiger partial charge on any atom is -0.475 e. The van der Waals surface area contributed by atoms with Gasteiger partial charge in [0.1, 0.15) is 0 Å². The highest BCUT2D eigenvalue weighted by Gasteiger charge is 2.15. The molecule has 0 N–H and O–H groups in total. The Morgan fingerprint density at radius 2 is 1.89 bits per heavy atom. The molecule has 0 aliphatic heterocycles. The fraction of sp³-hybridized carbons (Fsp3) is 0.211. The Hall–Kier alpha value is -3.75. The fourth-order valence-electron chi connectivity index (χ4n) is 2.59. The molecule has 0 unspecified atom stereocenters. The van der Waals surface area contributed by atoms with Gasteiger partial charge >= 0.3 is 11.7 Å². The third kappa shape index (κ3) is 4.50. The van der Waals surface area contributed by atoms with E-state index in [-0.39, 0.29) is 23.6 Å². The number of ether oxygens (including phenoxy) is 2. The zero-order valence-electron chi connectivity index (χ0n) is 14.8. The Morgan fingerprint density at radius 3 is 2.71 bits per heavy atom. The number of carbonyl (C=O) groups excluding carboxylic acids is 1. The zero-order valence-corrected chi connectivity index (χ0v) is 14.8. The first kappa shape index (κ1) is 19.0. The van der Waals surface area contributed by atoms with Crippen molar-refractivity contribution in [2.75, 3.05) is 13.2 Å². The van der Waals surface area contributed by atoms with Gasteiger partial charge < -0.3 is 9.47 Å². The largest absolute Gasteiger partial charge is 0.475 e. The molecule has 0 saturated heterocycles. The lowest BCUT2D eigenvalue weighted by atomic mass is 10.2. The van der Waals surface area contributed by atoms with Crippen molar-refractivity contribution >= 4 is 22.6 Å². The summed E-state index contributed by atoms with van der Waals surface area (Å²) >= 11 is 0. The second-order valence-electron chi connectivity index (χ2n) is 5.85. The van der Waals surface area contributed by atoms with Gasteiger partial charge in [0.15, 0.2) is 12.4 Å². The van der Waals surface area contributed by atoms with E-state index in [2.05, 4.69) is 4.98 Å². The van der Waals surface area contributed by atoms with Gasteiger partial charge in [-0.2, -0.15) is 0 Å². The monoisotopic (exact) mass is 383 g/mol. The molecule has 0 spiro atoms. The van der Waals surface area contributed by atoms with Crippen molar-refractivity contribution < 1.29 is 19.2 Å². The van der Waals surface area contributed by atoms with Crippen molar-refractivity contribution in [3.8, 4) is 5.75 Å². The van der Waals surface area contributed by atoms with E-state index in [4.69, 9.17) is 9.47 Å². The average Bonchev–Trinajstić information content (AvgIpc) is 2.71. The third-order valence-corrected chi connectivity index (χ3v) is 3.95. The van der Waals surface area contributed by atoms with Crippen LogP contribution in [0.2, 0.25) is 0 Å². The molecule has 0 amide bonds. The lowest BCUT2D eigenvalue weighted by Gasteiger charge is -2.08. The molecule has 0 saturated carbocycles. The molecule has 3 aromatic rings. The van der Waals surface area contributed by atoms with Crippen LogP contribution in [0.3, 0.4) is 0 Å². The van der Waals surface area contributed by atoms with Crippen LogP contribution in [0, 0.1) is 10.1 Å². The van der Waals surface area contributed by atoms with Gasteiger partial charge in [-0.05, 0) is 24.6 Å². The highest BCUT2D eigenvalue weighted by Crippen LogP contribution is 2.25. The van der Waals surface area contributed by atoms with E-state index in [0.717, 1.165) is 0 Å². The molecule has 3 rings (SSSR count). The van der Waals surface area contributed by atoms with Crippen molar-refractivity contribution in [1.29, 1.82) is 0 Å². The molecule has 0 aliphatic rings. The Bertz CT molecular complexity index is 1060. The van der Waals surface area contributed by atoms with Gasteiger partial charge in [-0.25, -0.2) is 9.78 Å². The number of hydrogen-bond acceptors (Lipinski definition) is 7. The van der Waals surface area contributed by atoms with E-state index < -0.39 is 17.5 Å². The molecule has 1 heterocycles. The van der Waals surface area contributed by atoms with Gasteiger partial charge in [0.2, 0.25) is 0 Å². The van der Waals surface area contributed by atoms with Crippen LogP contribution < -0.4 is 10.3 Å². The summed E-state index contributed by atoms with van der Waals surface area (Å²) in [6.07, 6.45) is 1.88. The normalized spacial score (nSPS) is 10.6. The number of esters is 1. The fourth-order valence-corrected chi connectivity index (χ4v) is 2.59. The van der Waals surface area contributed by atoms with Crippen LogP contribution in [0.4, 0.5) is 5.69 Å². The number of hydrogen-bond donors (Lipinski definition) is 0. The van der Waals surface area contributed by atoms with Crippen molar-refractivity contribution in [1.82, 2.24) is 9.55 Å². The maximum Gasteiger partial charge on any atom is 0.344 e. The molecule has 0 atom stereocenters. The number of carbonyl (C=O) groups is 1. The summed E-state index contributed by atoms with van der Waals surface area (Å²) in [7, 11) is 0. The van der Waals surface area contributed by atoms with E-state index in [1.165, 1.54) is 29.1 Å². The van der Waals surface area contributed by atoms with Crippen LogP contribution in [-0.4, -0.2) is 33.7 Å². The van der Waals surface area contributed by atoms with Crippen molar-refractivity contribution in [2.24, 2.45) is 0 Å². The first-order valence-corrected chi connectivity index (χ1v) is 8.52. The number of rotatable bonds is 8. The number of para-hydroxylation sites is 3. The van der Waals surface area contributed by atoms with E-state index in [0.29, 0.717) is 23.9 Å². The van der Waals surface area contributed by atoms with E-state index in [9.17, 15) is 19.7 Å². The van der Waals surface area contributed by atoms with Crippen LogP contribution in [0.15, 0.2) is 59.7 Å². The minimum atomic E-state index is -0.651. The summed E-state index contributed by atoms with van der Waals surface area (Å²) in [6.45, 7) is -0.0182. The standard InChI is InChI=1S/C19H17N3O6/c23-18(12-28-17-9-4-3-8-16(17)22(25)26)27-11-5-10-21-13-20-15-7-2-1-6-14(15)19(21)24/h1-4,6-9,13H,5,10-12H2. The second-order valence-corrected chi connectivity index (χ2v) is 5.85. The van der Waals surface area contributed by atoms with Crippen LogP contribution in [0.1, 0.15) is 6.42 Å². The number of fused-ring (bicyclic) bond motifs is 1. The highest BCUT2D eigenvalue weighted by molar-refractivity contribution is 5.76. The minimum absolute atomic E-state index is 0.00163. The highest BCUT2D eigenvalue weighted by atomic mass is 16.6. The molecular weight excluding hydrogens is 366 g/mol. The Balaban J connectivity index is 1.47. The molecule has 0 bridgehead atoms. The van der Waals surface area contributed by atoms with Crippen LogP contribution >= 0.6 is 0 Å². The predicted molar refractivity (Wildman–Crippen MR) is 100 cm³/mol. The number of nitro groups is 1. The average molecular weight is 383 g/mol. The summed E-state index contributed by atoms with van der Waals surface area (Å²) in [5, 5.41) is 11.4. The maximum absolute atomic E-state index is 12.3. The molecule has 1 aromatic heterocycles. The smallest absolute Gasteiger partial charge is 0.344 e. The molecule has 0 radical (unpaired) electrons. The number of aryl methyl sites for hydroxylation is 1. The molecule has 0 fully saturated rings. The van der Waals surface area contributed by atoms with E-state index in [1.807, 2.05) is 6.07 Å². The lowest BCUT2D eigenvalue weighted by molar-refractivity contribution is -0.385. The molecule has 9 heteroatoms. The van der Waals surface area contributed by atoms with Crippen molar-refractivity contribution in [2.45, 2.75) is 13.0 Å². The molecule has 9 nitrogen and oxygen atoms in total. The molecule has 0 aliphatic carbocycles. The summed E-state index contributed by atoms with van der Waals surface area (Å²) in [5.74, 6) is -0.652. The van der Waals surface area contributed by atoms with E-state index >= 15 is 0 Å². The second kappa shape index (κ2) is 8.76. The van der Waals surface area contributed by atoms with Crippen LogP contribution in [-0.2, 0) is 16.1 Å².